The summed E-state index contributed by atoms with van der Waals surface area (Å²) < 4.78 is 11.9. The van der Waals surface area contributed by atoms with E-state index in [1.807, 2.05) is 6.07 Å². The number of nitro benzene ring substituents is 1. The van der Waals surface area contributed by atoms with Crippen LogP contribution >= 0.6 is 0 Å². The second kappa shape index (κ2) is 8.33. The van der Waals surface area contributed by atoms with E-state index in [4.69, 9.17) is 0 Å². The Labute approximate surface area is 138 Å². The topological polar surface area (TPSA) is 60.2 Å². The summed E-state index contributed by atoms with van der Waals surface area (Å²) in [7, 11) is 0. The molecule has 0 saturated carbocycles. The van der Waals surface area contributed by atoms with Crippen LogP contribution < -0.4 is 0 Å². The van der Waals surface area contributed by atoms with Gasteiger partial charge in [0.05, 0.1) is 4.92 Å². The summed E-state index contributed by atoms with van der Waals surface area (Å²) in [4.78, 5) is 21.9. The van der Waals surface area contributed by atoms with Crippen molar-refractivity contribution in [3.63, 3.8) is 0 Å². The molecule has 3 aromatic rings. The van der Waals surface area contributed by atoms with Gasteiger partial charge in [-0.15, -0.1) is 0 Å². The summed E-state index contributed by atoms with van der Waals surface area (Å²) in [6.45, 7) is 0. The third-order valence-corrected chi connectivity index (χ3v) is 3.05. The van der Waals surface area contributed by atoms with Crippen molar-refractivity contribution >= 4 is 11.5 Å². The highest BCUT2D eigenvalue weighted by Crippen LogP contribution is 2.15. The van der Waals surface area contributed by atoms with Gasteiger partial charge in [-0.25, -0.2) is 4.39 Å². The highest BCUT2D eigenvalue weighted by molar-refractivity contribution is 6.09. The van der Waals surface area contributed by atoms with Crippen LogP contribution in [0.4, 0.5) is 10.1 Å². The summed E-state index contributed by atoms with van der Waals surface area (Å²) in [6.07, 6.45) is 0. The first-order valence-corrected chi connectivity index (χ1v) is 7.04. The molecule has 0 aromatic heterocycles. The van der Waals surface area contributed by atoms with Crippen LogP contribution in [-0.2, 0) is 0 Å². The first-order valence-electron chi connectivity index (χ1n) is 7.04. The van der Waals surface area contributed by atoms with E-state index in [0.717, 1.165) is 0 Å². The van der Waals surface area contributed by atoms with Gasteiger partial charge in [-0.3, -0.25) is 14.9 Å². The Morgan fingerprint density at radius 2 is 1.42 bits per heavy atom. The lowest BCUT2D eigenvalue weighted by Gasteiger charge is -2.00. The van der Waals surface area contributed by atoms with Crippen LogP contribution in [0, 0.1) is 22.0 Å². The Morgan fingerprint density at radius 3 is 1.88 bits per heavy atom. The number of nitrogens with zero attached hydrogens (tertiary/aromatic N) is 1. The maximum Gasteiger partial charge on any atom is 0.269 e. The predicted molar refractivity (Wildman–Crippen MR) is 88.2 cm³/mol. The van der Waals surface area contributed by atoms with Gasteiger partial charge in [0, 0.05) is 23.3 Å². The summed E-state index contributed by atoms with van der Waals surface area (Å²) in [5.41, 5.74) is 0.998. The van der Waals surface area contributed by atoms with Crippen LogP contribution in [0.5, 0.6) is 0 Å². The van der Waals surface area contributed by atoms with Gasteiger partial charge in [0.2, 0.25) is 0 Å². The number of hydrogen-bond donors (Lipinski definition) is 0. The molecule has 0 spiro atoms. The molecular weight excluding hydrogens is 309 g/mol. The maximum absolute atomic E-state index is 12.0. The number of non-ortho nitro benzene ring substituents is 1. The van der Waals surface area contributed by atoms with E-state index in [0.29, 0.717) is 11.1 Å². The molecule has 0 heterocycles. The zero-order chi connectivity index (χ0) is 17.4. The lowest BCUT2D eigenvalue weighted by Crippen LogP contribution is -2.00. The molecule has 0 unspecified atom stereocenters. The van der Waals surface area contributed by atoms with E-state index in [1.165, 1.54) is 48.5 Å². The van der Waals surface area contributed by atoms with Crippen molar-refractivity contribution in [1.82, 2.24) is 0 Å². The van der Waals surface area contributed by atoms with Crippen molar-refractivity contribution in [3.05, 3.63) is 112 Å². The Bertz CT molecular complexity index is 803. The summed E-state index contributed by atoms with van der Waals surface area (Å²) in [5.74, 6) is -0.348. The van der Waals surface area contributed by atoms with E-state index in [9.17, 15) is 19.3 Å². The summed E-state index contributed by atoms with van der Waals surface area (Å²) in [6, 6.07) is 22.9. The van der Waals surface area contributed by atoms with Crippen LogP contribution in [-0.4, -0.2) is 10.7 Å². The Hall–Kier alpha value is -3.34. The largest absolute Gasteiger partial charge is 0.289 e. The molecule has 24 heavy (non-hydrogen) atoms. The van der Waals surface area contributed by atoms with Crippen molar-refractivity contribution in [2.75, 3.05) is 0 Å². The number of carbonyl (C=O) groups is 1. The first kappa shape index (κ1) is 17.0. The number of hydrogen-bond acceptors (Lipinski definition) is 3. The van der Waals surface area contributed by atoms with Gasteiger partial charge in [0.15, 0.2) is 5.78 Å². The summed E-state index contributed by atoms with van der Waals surface area (Å²) in [5, 5.41) is 10.5. The van der Waals surface area contributed by atoms with Crippen molar-refractivity contribution in [3.8, 4) is 0 Å². The van der Waals surface area contributed by atoms with Crippen LogP contribution in [0.2, 0.25) is 0 Å². The average molecular weight is 322 g/mol. The molecule has 3 aromatic carbocycles. The predicted octanol–water partition coefficient (Wildman–Crippen LogP) is 4.45. The molecule has 0 aliphatic carbocycles. The Kier molecular flexibility index (Phi) is 5.91. The van der Waals surface area contributed by atoms with Crippen molar-refractivity contribution in [2.24, 2.45) is 0 Å². The van der Waals surface area contributed by atoms with Gasteiger partial charge in [-0.1, -0.05) is 42.5 Å². The monoisotopic (exact) mass is 322 g/mol. The number of ketones is 1. The fourth-order valence-corrected chi connectivity index (χ4v) is 1.86. The zero-order valence-corrected chi connectivity index (χ0v) is 12.6. The standard InChI is InChI=1S/C13H9NO3.C6H4F/c15-13(10-4-2-1-3-5-10)11-6-8-12(9-7-11)14(16)17;7-6-4-2-1-3-5-6/h1-9H;2-5H. The van der Waals surface area contributed by atoms with Gasteiger partial charge in [0.1, 0.15) is 5.82 Å². The van der Waals surface area contributed by atoms with Gasteiger partial charge >= 0.3 is 0 Å². The number of rotatable bonds is 3. The van der Waals surface area contributed by atoms with Gasteiger partial charge in [0.25, 0.3) is 5.69 Å². The fraction of sp³-hybridized carbons (Fsp3) is 0. The molecule has 4 nitrogen and oxygen atoms in total. The van der Waals surface area contributed by atoms with E-state index in [-0.39, 0.29) is 17.3 Å². The molecule has 5 heteroatoms. The minimum Gasteiger partial charge on any atom is -0.289 e. The van der Waals surface area contributed by atoms with E-state index in [2.05, 4.69) is 6.07 Å². The average Bonchev–Trinajstić information content (AvgIpc) is 2.63. The normalized spacial score (nSPS) is 9.54. The minimum atomic E-state index is -0.489. The lowest BCUT2D eigenvalue weighted by molar-refractivity contribution is -0.384. The minimum absolute atomic E-state index is 0.0189. The second-order valence-electron chi connectivity index (χ2n) is 4.72. The zero-order valence-electron chi connectivity index (χ0n) is 12.6. The Morgan fingerprint density at radius 1 is 0.875 bits per heavy atom. The molecule has 0 aliphatic rings. The Balaban J connectivity index is 0.000000249. The highest BCUT2D eigenvalue weighted by Gasteiger charge is 2.10. The molecule has 0 aliphatic heterocycles. The van der Waals surface area contributed by atoms with E-state index >= 15 is 0 Å². The van der Waals surface area contributed by atoms with Crippen molar-refractivity contribution in [1.29, 1.82) is 0 Å². The third-order valence-electron chi connectivity index (χ3n) is 3.05. The molecule has 0 bridgehead atoms. The SMILES string of the molecule is Fc1cc[c]cc1.O=C(c1ccccc1)c1ccc([N+](=O)[O-])cc1. The van der Waals surface area contributed by atoms with Gasteiger partial charge in [-0.05, 0) is 30.3 Å². The van der Waals surface area contributed by atoms with Crippen molar-refractivity contribution < 1.29 is 14.1 Å². The molecule has 1 radical (unpaired) electrons. The molecule has 3 rings (SSSR count). The van der Waals surface area contributed by atoms with Crippen molar-refractivity contribution in [2.45, 2.75) is 0 Å². The van der Waals surface area contributed by atoms with Crippen LogP contribution in [0.3, 0.4) is 0 Å². The number of nitro groups is 1. The number of carbonyl (C=O) groups excluding carboxylic acids is 1. The third kappa shape index (κ3) is 4.84. The molecule has 119 valence electrons. The lowest BCUT2D eigenvalue weighted by atomic mass is 10.0. The molecule has 0 amide bonds. The quantitative estimate of drug-likeness (QED) is 0.406. The number of benzene rings is 3. The van der Waals surface area contributed by atoms with Crippen LogP contribution in [0.15, 0.2) is 78.9 Å². The molecule has 0 fully saturated rings. The first-order chi connectivity index (χ1) is 11.6. The molecule has 0 atom stereocenters. The number of halogens is 1. The maximum atomic E-state index is 12.0. The summed E-state index contributed by atoms with van der Waals surface area (Å²) >= 11 is 0. The van der Waals surface area contributed by atoms with E-state index in [1.54, 1.807) is 24.3 Å². The van der Waals surface area contributed by atoms with Crippen LogP contribution in [0.1, 0.15) is 15.9 Å². The smallest absolute Gasteiger partial charge is 0.269 e. The second-order valence-corrected chi connectivity index (χ2v) is 4.72. The highest BCUT2D eigenvalue weighted by atomic mass is 19.1. The fourth-order valence-electron chi connectivity index (χ4n) is 1.86. The van der Waals surface area contributed by atoms with Crippen LogP contribution in [0.25, 0.3) is 0 Å². The molecule has 0 N–H and O–H groups in total. The van der Waals surface area contributed by atoms with Gasteiger partial charge < -0.3 is 0 Å². The van der Waals surface area contributed by atoms with Gasteiger partial charge in [-0.2, -0.15) is 0 Å². The van der Waals surface area contributed by atoms with E-state index < -0.39 is 4.92 Å². The molecule has 0 saturated heterocycles. The molecular formula is C19H13FNO3.